The van der Waals surface area contributed by atoms with Crippen molar-refractivity contribution in [2.24, 2.45) is 0 Å². The molecule has 0 saturated carbocycles. The summed E-state index contributed by atoms with van der Waals surface area (Å²) in [7, 11) is -4.08. The van der Waals surface area contributed by atoms with Crippen LogP contribution in [0.2, 0.25) is 0 Å². The predicted molar refractivity (Wildman–Crippen MR) is 126 cm³/mol. The minimum atomic E-state index is -4.08. The van der Waals surface area contributed by atoms with Gasteiger partial charge in [0, 0.05) is 12.2 Å². The minimum absolute atomic E-state index is 0.0141. The highest BCUT2D eigenvalue weighted by atomic mass is 32.2. The Morgan fingerprint density at radius 2 is 1.68 bits per heavy atom. The van der Waals surface area contributed by atoms with Crippen molar-refractivity contribution in [2.45, 2.75) is 30.8 Å². The number of carbonyl (C=O) groups is 2. The third-order valence-corrected chi connectivity index (χ3v) is 6.90. The summed E-state index contributed by atoms with van der Waals surface area (Å²) < 4.78 is 46.3. The third-order valence-electron chi connectivity index (χ3n) is 5.52. The van der Waals surface area contributed by atoms with Crippen molar-refractivity contribution in [2.75, 3.05) is 16.2 Å². The summed E-state index contributed by atoms with van der Waals surface area (Å²) >= 11 is 0. The van der Waals surface area contributed by atoms with Crippen molar-refractivity contribution in [3.8, 4) is 0 Å². The first kappa shape index (κ1) is 23.4. The molecule has 0 aliphatic carbocycles. The number of sulfonamides is 1. The molecule has 1 aliphatic rings. The Kier molecular flexibility index (Phi) is 6.65. The highest BCUT2D eigenvalue weighted by Gasteiger charge is 2.29. The highest BCUT2D eigenvalue weighted by Crippen LogP contribution is 2.28. The van der Waals surface area contributed by atoms with E-state index in [1.165, 1.54) is 19.1 Å². The summed E-state index contributed by atoms with van der Waals surface area (Å²) in [6, 6.07) is 17.8. The van der Waals surface area contributed by atoms with Crippen LogP contribution in [-0.4, -0.2) is 32.9 Å². The van der Waals surface area contributed by atoms with E-state index in [-0.39, 0.29) is 22.1 Å². The Hall–Kier alpha value is -3.72. The van der Waals surface area contributed by atoms with Gasteiger partial charge in [0.2, 0.25) is 0 Å². The first-order valence-electron chi connectivity index (χ1n) is 10.7. The number of fused-ring (bicyclic) bond motifs is 1. The van der Waals surface area contributed by atoms with E-state index in [2.05, 4.69) is 4.72 Å². The van der Waals surface area contributed by atoms with E-state index in [9.17, 15) is 22.4 Å². The van der Waals surface area contributed by atoms with Gasteiger partial charge in [-0.25, -0.2) is 17.6 Å². The van der Waals surface area contributed by atoms with Crippen molar-refractivity contribution in [1.82, 2.24) is 0 Å². The molecule has 0 spiro atoms. The number of para-hydroxylation sites is 2. The quantitative estimate of drug-likeness (QED) is 0.533. The standard InChI is InChI=1S/C25H23FN2O5S/c1-17(24(29)28-16-6-8-18-7-2-5-11-23(18)28)33-25(30)21-9-3-4-10-22(21)27-34(31,32)20-14-12-19(26)13-15-20/h2-5,7,9-15,17,27H,6,8,16H2,1H3/t17-/m0/s1. The number of halogens is 1. The van der Waals surface area contributed by atoms with Gasteiger partial charge in [0.15, 0.2) is 6.10 Å². The molecule has 1 heterocycles. The van der Waals surface area contributed by atoms with Crippen LogP contribution in [0.25, 0.3) is 0 Å². The van der Waals surface area contributed by atoms with Crippen LogP contribution in [0.1, 0.15) is 29.3 Å². The first-order chi connectivity index (χ1) is 16.3. The molecule has 34 heavy (non-hydrogen) atoms. The van der Waals surface area contributed by atoms with Crippen LogP contribution < -0.4 is 9.62 Å². The van der Waals surface area contributed by atoms with Gasteiger partial charge in [0.1, 0.15) is 5.82 Å². The molecule has 0 fully saturated rings. The van der Waals surface area contributed by atoms with Crippen molar-refractivity contribution >= 4 is 33.3 Å². The zero-order chi connectivity index (χ0) is 24.3. The van der Waals surface area contributed by atoms with Gasteiger partial charge >= 0.3 is 5.97 Å². The maximum Gasteiger partial charge on any atom is 0.341 e. The van der Waals surface area contributed by atoms with E-state index in [4.69, 9.17) is 4.74 Å². The molecule has 0 aromatic heterocycles. The summed E-state index contributed by atoms with van der Waals surface area (Å²) in [6.45, 7) is 2.01. The molecule has 0 saturated heterocycles. The van der Waals surface area contributed by atoms with Crippen LogP contribution in [0, 0.1) is 5.82 Å². The average molecular weight is 483 g/mol. The summed E-state index contributed by atoms with van der Waals surface area (Å²) in [5.41, 5.74) is 1.79. The molecule has 0 radical (unpaired) electrons. The second-order valence-corrected chi connectivity index (χ2v) is 9.56. The van der Waals surface area contributed by atoms with Crippen LogP contribution in [0.4, 0.5) is 15.8 Å². The SMILES string of the molecule is C[C@H](OC(=O)c1ccccc1NS(=O)(=O)c1ccc(F)cc1)C(=O)N1CCCc2ccccc21. The normalized spacial score (nSPS) is 14.1. The number of ether oxygens (including phenoxy) is 1. The highest BCUT2D eigenvalue weighted by molar-refractivity contribution is 7.92. The topological polar surface area (TPSA) is 92.8 Å². The molecule has 1 aliphatic heterocycles. The maximum absolute atomic E-state index is 13.2. The van der Waals surface area contributed by atoms with Crippen LogP contribution in [0.3, 0.4) is 0 Å². The molecule has 176 valence electrons. The number of rotatable bonds is 6. The van der Waals surface area contributed by atoms with Gasteiger partial charge in [0.25, 0.3) is 15.9 Å². The van der Waals surface area contributed by atoms with Crippen LogP contribution in [-0.2, 0) is 26.0 Å². The number of esters is 1. The van der Waals surface area contributed by atoms with Crippen molar-refractivity contribution < 1.29 is 27.1 Å². The van der Waals surface area contributed by atoms with Gasteiger partial charge in [-0.3, -0.25) is 9.52 Å². The lowest BCUT2D eigenvalue weighted by atomic mass is 10.0. The van der Waals surface area contributed by atoms with E-state index in [1.54, 1.807) is 17.0 Å². The zero-order valence-corrected chi connectivity index (χ0v) is 19.2. The maximum atomic E-state index is 13.2. The lowest BCUT2D eigenvalue weighted by molar-refractivity contribution is -0.126. The smallest absolute Gasteiger partial charge is 0.341 e. The number of carbonyl (C=O) groups excluding carboxylic acids is 2. The monoisotopic (exact) mass is 482 g/mol. The van der Waals surface area contributed by atoms with Gasteiger partial charge in [-0.2, -0.15) is 0 Å². The third kappa shape index (κ3) is 4.94. The van der Waals surface area contributed by atoms with E-state index in [0.29, 0.717) is 6.54 Å². The van der Waals surface area contributed by atoms with Gasteiger partial charge in [-0.05, 0) is 67.8 Å². The molecular weight excluding hydrogens is 459 g/mol. The summed E-state index contributed by atoms with van der Waals surface area (Å²) in [4.78, 5) is 27.4. The fourth-order valence-electron chi connectivity index (χ4n) is 3.82. The Balaban J connectivity index is 1.51. The Labute approximate surface area is 197 Å². The molecule has 1 atom stereocenters. The number of aryl methyl sites for hydroxylation is 1. The number of nitrogens with zero attached hydrogens (tertiary/aromatic N) is 1. The van der Waals surface area contributed by atoms with Gasteiger partial charge in [0.05, 0.1) is 16.1 Å². The largest absolute Gasteiger partial charge is 0.449 e. The molecule has 0 unspecified atom stereocenters. The molecule has 9 heteroatoms. The molecule has 1 N–H and O–H groups in total. The van der Waals surface area contributed by atoms with Crippen molar-refractivity contribution in [1.29, 1.82) is 0 Å². The van der Waals surface area contributed by atoms with Crippen LogP contribution >= 0.6 is 0 Å². The Morgan fingerprint density at radius 1 is 1.00 bits per heavy atom. The van der Waals surface area contributed by atoms with Gasteiger partial charge < -0.3 is 9.64 Å². The second-order valence-electron chi connectivity index (χ2n) is 7.87. The molecule has 1 amide bonds. The summed E-state index contributed by atoms with van der Waals surface area (Å²) in [6.07, 6.45) is 0.591. The van der Waals surface area contributed by atoms with Crippen LogP contribution in [0.5, 0.6) is 0 Å². The predicted octanol–water partition coefficient (Wildman–Crippen LogP) is 4.15. The van der Waals surface area contributed by atoms with E-state index < -0.39 is 27.9 Å². The fourth-order valence-corrected chi connectivity index (χ4v) is 4.90. The van der Waals surface area contributed by atoms with Gasteiger partial charge in [-0.15, -0.1) is 0 Å². The molecule has 4 rings (SSSR count). The number of hydrogen-bond acceptors (Lipinski definition) is 5. The summed E-state index contributed by atoms with van der Waals surface area (Å²) in [5.74, 6) is -1.77. The number of hydrogen-bond donors (Lipinski definition) is 1. The molecule has 3 aromatic carbocycles. The molecule has 7 nitrogen and oxygen atoms in total. The van der Waals surface area contributed by atoms with E-state index in [1.807, 2.05) is 24.3 Å². The molecule has 0 bridgehead atoms. The van der Waals surface area contributed by atoms with Gasteiger partial charge in [-0.1, -0.05) is 30.3 Å². The second kappa shape index (κ2) is 9.64. The summed E-state index contributed by atoms with van der Waals surface area (Å²) in [5, 5.41) is 0. The molecule has 3 aromatic rings. The zero-order valence-electron chi connectivity index (χ0n) is 18.4. The Bertz CT molecular complexity index is 1330. The fraction of sp³-hybridized carbons (Fsp3) is 0.200. The van der Waals surface area contributed by atoms with E-state index >= 15 is 0 Å². The minimum Gasteiger partial charge on any atom is -0.449 e. The number of anilines is 2. The van der Waals surface area contributed by atoms with E-state index in [0.717, 1.165) is 48.4 Å². The van der Waals surface area contributed by atoms with Crippen molar-refractivity contribution in [3.63, 3.8) is 0 Å². The molecular formula is C25H23FN2O5S. The number of nitrogens with one attached hydrogen (secondary N) is 1. The average Bonchev–Trinajstić information content (AvgIpc) is 2.83. The van der Waals surface area contributed by atoms with Crippen LogP contribution in [0.15, 0.2) is 77.7 Å². The Morgan fingerprint density at radius 3 is 2.44 bits per heavy atom. The number of amides is 1. The van der Waals surface area contributed by atoms with Crippen molar-refractivity contribution in [3.05, 3.63) is 89.7 Å². The first-order valence-corrected chi connectivity index (χ1v) is 12.2. The number of benzene rings is 3. The lowest BCUT2D eigenvalue weighted by Crippen LogP contribution is -2.42. The lowest BCUT2D eigenvalue weighted by Gasteiger charge is -2.31.